The van der Waals surface area contributed by atoms with Crippen molar-refractivity contribution >= 4 is 5.69 Å². The number of nitrogens with two attached hydrogens (primary N) is 1. The van der Waals surface area contributed by atoms with Gasteiger partial charge in [0.25, 0.3) is 0 Å². The SMILES string of the molecule is Cc1ccc(C)c(N2CCCC2CON)c1. The van der Waals surface area contributed by atoms with E-state index in [0.29, 0.717) is 12.6 Å². The van der Waals surface area contributed by atoms with Crippen LogP contribution in [0.15, 0.2) is 18.2 Å². The summed E-state index contributed by atoms with van der Waals surface area (Å²) >= 11 is 0. The Hall–Kier alpha value is -1.06. The van der Waals surface area contributed by atoms with Crippen molar-refractivity contribution < 1.29 is 4.84 Å². The zero-order valence-corrected chi connectivity index (χ0v) is 10.1. The third-order valence-electron chi connectivity index (χ3n) is 3.34. The zero-order chi connectivity index (χ0) is 11.5. The molecule has 0 radical (unpaired) electrons. The summed E-state index contributed by atoms with van der Waals surface area (Å²) in [5.74, 6) is 5.19. The molecule has 1 aromatic rings. The molecule has 0 saturated carbocycles. The van der Waals surface area contributed by atoms with Gasteiger partial charge < -0.3 is 9.74 Å². The van der Waals surface area contributed by atoms with Crippen LogP contribution in [0.25, 0.3) is 0 Å². The van der Waals surface area contributed by atoms with Crippen LogP contribution in [0, 0.1) is 13.8 Å². The quantitative estimate of drug-likeness (QED) is 0.793. The number of hydrogen-bond acceptors (Lipinski definition) is 3. The Morgan fingerprint density at radius 3 is 3.00 bits per heavy atom. The molecule has 1 aliphatic heterocycles. The first-order valence-electron chi connectivity index (χ1n) is 5.88. The lowest BCUT2D eigenvalue weighted by atomic mass is 10.1. The molecule has 0 spiro atoms. The van der Waals surface area contributed by atoms with Crippen molar-refractivity contribution in [3.63, 3.8) is 0 Å². The van der Waals surface area contributed by atoms with Crippen LogP contribution in [-0.4, -0.2) is 19.2 Å². The molecule has 1 aliphatic rings. The first kappa shape index (κ1) is 11.4. The molecule has 1 aromatic carbocycles. The van der Waals surface area contributed by atoms with E-state index in [0.717, 1.165) is 6.54 Å². The Balaban J connectivity index is 2.25. The predicted molar refractivity (Wildman–Crippen MR) is 66.4 cm³/mol. The van der Waals surface area contributed by atoms with Gasteiger partial charge in [-0.3, -0.25) is 0 Å². The molecule has 88 valence electrons. The number of benzene rings is 1. The largest absolute Gasteiger partial charge is 0.366 e. The van der Waals surface area contributed by atoms with E-state index < -0.39 is 0 Å². The average molecular weight is 220 g/mol. The highest BCUT2D eigenvalue weighted by atomic mass is 16.6. The molecule has 16 heavy (non-hydrogen) atoms. The van der Waals surface area contributed by atoms with Crippen LogP contribution in [0.1, 0.15) is 24.0 Å². The average Bonchev–Trinajstić information content (AvgIpc) is 2.70. The number of nitrogens with zero attached hydrogens (tertiary/aromatic N) is 1. The number of aryl methyl sites for hydroxylation is 2. The third-order valence-corrected chi connectivity index (χ3v) is 3.34. The van der Waals surface area contributed by atoms with Crippen molar-refractivity contribution in [3.8, 4) is 0 Å². The van der Waals surface area contributed by atoms with Gasteiger partial charge in [-0.15, -0.1) is 0 Å². The van der Waals surface area contributed by atoms with E-state index in [9.17, 15) is 0 Å². The van der Waals surface area contributed by atoms with E-state index in [1.54, 1.807) is 0 Å². The van der Waals surface area contributed by atoms with Crippen LogP contribution in [0.5, 0.6) is 0 Å². The van der Waals surface area contributed by atoms with E-state index in [1.807, 2.05) is 0 Å². The molecule has 2 rings (SSSR count). The maximum Gasteiger partial charge on any atom is 0.0882 e. The van der Waals surface area contributed by atoms with Gasteiger partial charge in [0.05, 0.1) is 12.6 Å². The summed E-state index contributed by atoms with van der Waals surface area (Å²) in [6.07, 6.45) is 2.39. The van der Waals surface area contributed by atoms with Crippen LogP contribution in [-0.2, 0) is 4.84 Å². The molecule has 3 nitrogen and oxygen atoms in total. The molecule has 1 atom stereocenters. The highest BCUT2D eigenvalue weighted by Crippen LogP contribution is 2.29. The molecule has 0 aliphatic carbocycles. The monoisotopic (exact) mass is 220 g/mol. The van der Waals surface area contributed by atoms with E-state index >= 15 is 0 Å². The highest BCUT2D eigenvalue weighted by Gasteiger charge is 2.25. The lowest BCUT2D eigenvalue weighted by Gasteiger charge is -2.27. The molecule has 1 fully saturated rings. The summed E-state index contributed by atoms with van der Waals surface area (Å²) in [4.78, 5) is 7.23. The Morgan fingerprint density at radius 1 is 1.44 bits per heavy atom. The molecule has 0 amide bonds. The number of rotatable bonds is 3. The maximum absolute atomic E-state index is 5.19. The second kappa shape index (κ2) is 4.85. The Morgan fingerprint density at radius 2 is 2.25 bits per heavy atom. The second-order valence-electron chi connectivity index (χ2n) is 4.61. The second-order valence-corrected chi connectivity index (χ2v) is 4.61. The Kier molecular flexibility index (Phi) is 3.46. The summed E-state index contributed by atoms with van der Waals surface area (Å²) < 4.78 is 0. The van der Waals surface area contributed by atoms with Gasteiger partial charge in [-0.05, 0) is 43.9 Å². The van der Waals surface area contributed by atoms with Gasteiger partial charge >= 0.3 is 0 Å². The van der Waals surface area contributed by atoms with Gasteiger partial charge in [-0.2, -0.15) is 0 Å². The Labute approximate surface area is 97.1 Å². The minimum absolute atomic E-state index is 0.436. The van der Waals surface area contributed by atoms with Crippen LogP contribution < -0.4 is 10.8 Å². The number of hydrogen-bond donors (Lipinski definition) is 1. The third kappa shape index (κ3) is 2.20. The topological polar surface area (TPSA) is 38.5 Å². The van der Waals surface area contributed by atoms with Crippen LogP contribution >= 0.6 is 0 Å². The zero-order valence-electron chi connectivity index (χ0n) is 10.1. The molecular formula is C13H20N2O. The summed E-state index contributed by atoms with van der Waals surface area (Å²) in [5.41, 5.74) is 3.97. The van der Waals surface area contributed by atoms with E-state index in [-0.39, 0.29) is 0 Å². The molecule has 2 N–H and O–H groups in total. The molecule has 1 heterocycles. The highest BCUT2D eigenvalue weighted by molar-refractivity contribution is 5.56. The first-order valence-corrected chi connectivity index (χ1v) is 5.88. The fourth-order valence-corrected chi connectivity index (χ4v) is 2.47. The first-order chi connectivity index (χ1) is 7.72. The van der Waals surface area contributed by atoms with Crippen LogP contribution in [0.3, 0.4) is 0 Å². The predicted octanol–water partition coefficient (Wildman–Crippen LogP) is 2.16. The summed E-state index contributed by atoms with van der Waals surface area (Å²) in [6, 6.07) is 7.03. The molecule has 0 aromatic heterocycles. The standard InChI is InChI=1S/C13H20N2O/c1-10-5-6-11(2)13(8-10)15-7-3-4-12(15)9-16-14/h5-6,8,12H,3-4,7,9,14H2,1-2H3. The van der Waals surface area contributed by atoms with Crippen molar-refractivity contribution in [3.05, 3.63) is 29.3 Å². The molecule has 1 saturated heterocycles. The van der Waals surface area contributed by atoms with Gasteiger partial charge in [0.2, 0.25) is 0 Å². The summed E-state index contributed by atoms with van der Waals surface area (Å²) in [5, 5.41) is 0. The van der Waals surface area contributed by atoms with Gasteiger partial charge in [0.1, 0.15) is 0 Å². The molecule has 3 heteroatoms. The normalized spacial score (nSPS) is 20.4. The molecule has 1 unspecified atom stereocenters. The van der Waals surface area contributed by atoms with Crippen molar-refractivity contribution in [1.29, 1.82) is 0 Å². The Bertz CT molecular complexity index is 365. The smallest absolute Gasteiger partial charge is 0.0882 e. The minimum Gasteiger partial charge on any atom is -0.366 e. The minimum atomic E-state index is 0.436. The van der Waals surface area contributed by atoms with E-state index in [4.69, 9.17) is 10.7 Å². The summed E-state index contributed by atoms with van der Waals surface area (Å²) in [7, 11) is 0. The lowest BCUT2D eigenvalue weighted by Crippen LogP contribution is -2.34. The number of anilines is 1. The lowest BCUT2D eigenvalue weighted by molar-refractivity contribution is 0.124. The van der Waals surface area contributed by atoms with Crippen molar-refractivity contribution in [1.82, 2.24) is 0 Å². The fourth-order valence-electron chi connectivity index (χ4n) is 2.47. The molecule has 0 bridgehead atoms. The van der Waals surface area contributed by atoms with E-state index in [1.165, 1.54) is 29.7 Å². The van der Waals surface area contributed by atoms with Gasteiger partial charge in [0, 0.05) is 12.2 Å². The van der Waals surface area contributed by atoms with Gasteiger partial charge in [-0.25, -0.2) is 5.90 Å². The molecular weight excluding hydrogens is 200 g/mol. The van der Waals surface area contributed by atoms with Gasteiger partial charge in [-0.1, -0.05) is 12.1 Å². The van der Waals surface area contributed by atoms with Crippen LogP contribution in [0.2, 0.25) is 0 Å². The summed E-state index contributed by atoms with van der Waals surface area (Å²) in [6.45, 7) is 6.02. The van der Waals surface area contributed by atoms with Crippen molar-refractivity contribution in [2.45, 2.75) is 32.7 Å². The van der Waals surface area contributed by atoms with Crippen molar-refractivity contribution in [2.75, 3.05) is 18.1 Å². The maximum atomic E-state index is 5.19. The fraction of sp³-hybridized carbons (Fsp3) is 0.538. The van der Waals surface area contributed by atoms with Crippen LogP contribution in [0.4, 0.5) is 5.69 Å². The van der Waals surface area contributed by atoms with E-state index in [2.05, 4.69) is 36.9 Å². The van der Waals surface area contributed by atoms with Crippen molar-refractivity contribution in [2.24, 2.45) is 5.90 Å². The van der Waals surface area contributed by atoms with Gasteiger partial charge in [0.15, 0.2) is 0 Å².